The Morgan fingerprint density at radius 2 is 1.80 bits per heavy atom. The van der Waals surface area contributed by atoms with Crippen LogP contribution in [0.25, 0.3) is 0 Å². The summed E-state index contributed by atoms with van der Waals surface area (Å²) in [6.07, 6.45) is -3.70. The van der Waals surface area contributed by atoms with E-state index in [0.29, 0.717) is 48.9 Å². The van der Waals surface area contributed by atoms with Crippen LogP contribution in [0.1, 0.15) is 38.6 Å². The summed E-state index contributed by atoms with van der Waals surface area (Å²) in [4.78, 5) is 18.8. The number of carbonyl (C=O) groups excluding carboxylic acids is 1. The molecule has 0 radical (unpaired) electrons. The zero-order valence-corrected chi connectivity index (χ0v) is 20.4. The Balaban J connectivity index is 1.74. The van der Waals surface area contributed by atoms with Crippen LogP contribution in [0.15, 0.2) is 53.9 Å². The van der Waals surface area contributed by atoms with Gasteiger partial charge in [0.05, 0.1) is 19.2 Å². The van der Waals surface area contributed by atoms with Gasteiger partial charge < -0.3 is 14.8 Å². The number of hydrogen-bond donors (Lipinski definition) is 1. The minimum Gasteiger partial charge on any atom is -0.497 e. The van der Waals surface area contributed by atoms with Crippen molar-refractivity contribution in [3.63, 3.8) is 0 Å². The largest absolute Gasteiger partial charge is 0.497 e. The summed E-state index contributed by atoms with van der Waals surface area (Å²) < 4.78 is 49.8. The summed E-state index contributed by atoms with van der Waals surface area (Å²) in [5.41, 5.74) is 1.17. The first-order valence-corrected chi connectivity index (χ1v) is 11.9. The maximum absolute atomic E-state index is 13.2. The molecule has 0 unspecified atom stereocenters. The number of ether oxygens (including phenoxy) is 2. The van der Waals surface area contributed by atoms with Crippen molar-refractivity contribution in [3.05, 3.63) is 81.3 Å². The van der Waals surface area contributed by atoms with Crippen LogP contribution >= 0.6 is 11.3 Å². The number of amides is 1. The molecular weight excluding hydrogens is 479 g/mol. The average molecular weight is 508 g/mol. The number of nitrogens with zero attached hydrogens (tertiary/aromatic N) is 2. The molecule has 0 aliphatic carbocycles. The molecule has 6 nitrogen and oxygen atoms in total. The lowest BCUT2D eigenvalue weighted by Crippen LogP contribution is -2.26. The number of nitrogens with one attached hydrogen (secondary N) is 1. The fourth-order valence-electron chi connectivity index (χ4n) is 3.45. The summed E-state index contributed by atoms with van der Waals surface area (Å²) in [5.74, 6) is 0.461. The van der Waals surface area contributed by atoms with E-state index in [0.717, 1.165) is 17.4 Å². The van der Waals surface area contributed by atoms with Gasteiger partial charge in [-0.05, 0) is 35.7 Å². The van der Waals surface area contributed by atoms with Gasteiger partial charge in [-0.25, -0.2) is 4.98 Å². The van der Waals surface area contributed by atoms with Gasteiger partial charge in [-0.2, -0.15) is 13.2 Å². The quantitative estimate of drug-likeness (QED) is 0.344. The number of benzene rings is 2. The van der Waals surface area contributed by atoms with Crippen LogP contribution in [0.5, 0.6) is 5.75 Å². The van der Waals surface area contributed by atoms with Crippen LogP contribution in [-0.2, 0) is 30.5 Å². The van der Waals surface area contributed by atoms with E-state index in [2.05, 4.69) is 10.3 Å². The van der Waals surface area contributed by atoms with E-state index in [1.807, 2.05) is 29.2 Å². The van der Waals surface area contributed by atoms with E-state index < -0.39 is 11.7 Å². The van der Waals surface area contributed by atoms with Crippen molar-refractivity contribution in [2.75, 3.05) is 27.4 Å². The third-order valence-corrected chi connectivity index (χ3v) is 6.01. The Kier molecular flexibility index (Phi) is 9.64. The second-order valence-corrected chi connectivity index (χ2v) is 8.86. The topological polar surface area (TPSA) is 63.7 Å². The van der Waals surface area contributed by atoms with Gasteiger partial charge in [-0.1, -0.05) is 30.3 Å². The minimum absolute atomic E-state index is 0.261. The zero-order chi connectivity index (χ0) is 25.3. The summed E-state index contributed by atoms with van der Waals surface area (Å²) in [5, 5.41) is 5.20. The number of rotatable bonds is 12. The van der Waals surface area contributed by atoms with Crippen molar-refractivity contribution in [2.24, 2.45) is 0 Å². The third-order valence-electron chi connectivity index (χ3n) is 5.18. The van der Waals surface area contributed by atoms with Crippen molar-refractivity contribution in [1.29, 1.82) is 0 Å². The van der Waals surface area contributed by atoms with Crippen LogP contribution in [0.3, 0.4) is 0 Å². The molecule has 3 aromatic rings. The Labute approximate surface area is 206 Å². The molecule has 10 heteroatoms. The third kappa shape index (κ3) is 8.34. The Hall–Kier alpha value is -2.95. The predicted octanol–water partition coefficient (Wildman–Crippen LogP) is 5.14. The van der Waals surface area contributed by atoms with Crippen LogP contribution in [-0.4, -0.2) is 43.2 Å². The number of alkyl halides is 3. The van der Waals surface area contributed by atoms with Crippen molar-refractivity contribution >= 4 is 17.2 Å². The minimum atomic E-state index is -4.41. The lowest BCUT2D eigenvalue weighted by Gasteiger charge is -2.22. The van der Waals surface area contributed by atoms with Crippen molar-refractivity contribution in [2.45, 2.75) is 32.2 Å². The van der Waals surface area contributed by atoms with Crippen LogP contribution in [0.4, 0.5) is 13.2 Å². The molecule has 1 N–H and O–H groups in total. The normalized spacial score (nSPS) is 11.6. The van der Waals surface area contributed by atoms with Crippen molar-refractivity contribution < 1.29 is 27.4 Å². The van der Waals surface area contributed by atoms with E-state index in [4.69, 9.17) is 9.47 Å². The van der Waals surface area contributed by atoms with Gasteiger partial charge in [0.15, 0.2) is 0 Å². The molecule has 2 aromatic carbocycles. The maximum atomic E-state index is 13.2. The monoisotopic (exact) mass is 507 g/mol. The number of carbonyl (C=O) groups is 1. The maximum Gasteiger partial charge on any atom is 0.416 e. The molecule has 1 aromatic heterocycles. The van der Waals surface area contributed by atoms with Crippen LogP contribution in [0, 0.1) is 0 Å². The smallest absolute Gasteiger partial charge is 0.416 e. The molecule has 0 fully saturated rings. The molecule has 0 aliphatic heterocycles. The van der Waals surface area contributed by atoms with Crippen LogP contribution in [0.2, 0.25) is 0 Å². The molecule has 1 amide bonds. The molecule has 0 saturated carbocycles. The summed E-state index contributed by atoms with van der Waals surface area (Å²) >= 11 is 1.35. The molecule has 0 bridgehead atoms. The van der Waals surface area contributed by atoms with E-state index in [1.165, 1.54) is 23.5 Å². The first kappa shape index (κ1) is 26.7. The summed E-state index contributed by atoms with van der Waals surface area (Å²) in [6.45, 7) is 2.19. The first-order chi connectivity index (χ1) is 16.8. The van der Waals surface area contributed by atoms with Crippen LogP contribution < -0.4 is 10.1 Å². The van der Waals surface area contributed by atoms with Gasteiger partial charge in [-0.3, -0.25) is 9.69 Å². The molecule has 0 aliphatic rings. The highest BCUT2D eigenvalue weighted by atomic mass is 32.1. The molecule has 0 saturated heterocycles. The lowest BCUT2D eigenvalue weighted by atomic mass is 10.1. The first-order valence-electron chi connectivity index (χ1n) is 11.0. The van der Waals surface area contributed by atoms with E-state index in [1.54, 1.807) is 25.7 Å². The Morgan fingerprint density at radius 1 is 1.06 bits per heavy atom. The van der Waals surface area contributed by atoms with E-state index in [9.17, 15) is 18.0 Å². The van der Waals surface area contributed by atoms with Gasteiger partial charge in [0.1, 0.15) is 16.5 Å². The zero-order valence-electron chi connectivity index (χ0n) is 19.6. The fraction of sp³-hybridized carbons (Fsp3) is 0.360. The highest BCUT2D eigenvalue weighted by Crippen LogP contribution is 2.30. The number of thiazole rings is 1. The van der Waals surface area contributed by atoms with E-state index >= 15 is 0 Å². The number of halogens is 3. The second kappa shape index (κ2) is 12.7. The molecular formula is C25H28F3N3O3S. The second-order valence-electron chi connectivity index (χ2n) is 7.92. The van der Waals surface area contributed by atoms with Gasteiger partial charge >= 0.3 is 6.18 Å². The van der Waals surface area contributed by atoms with Gasteiger partial charge in [-0.15, -0.1) is 11.3 Å². The van der Waals surface area contributed by atoms with Gasteiger partial charge in [0.25, 0.3) is 5.91 Å². The summed E-state index contributed by atoms with van der Waals surface area (Å²) in [7, 11) is 3.19. The van der Waals surface area contributed by atoms with Crippen molar-refractivity contribution in [1.82, 2.24) is 15.2 Å². The fourth-order valence-corrected chi connectivity index (χ4v) is 4.26. The standard InChI is InChI=1S/C25H28F3N3O3S/c1-33-12-4-11-29-24(32)22-17-35-23(30-22)16-31(14-18-7-9-21(34-2)10-8-18)15-19-5-3-6-20(13-19)25(26,27)28/h3,5-10,13,17H,4,11-12,14-16H2,1-2H3,(H,29,32). The SMILES string of the molecule is COCCCNC(=O)c1csc(CN(Cc2ccc(OC)cc2)Cc2cccc(C(F)(F)F)c2)n1. The molecule has 0 atom stereocenters. The van der Waals surface area contributed by atoms with E-state index in [-0.39, 0.29) is 12.5 Å². The molecule has 1 heterocycles. The highest BCUT2D eigenvalue weighted by Gasteiger charge is 2.30. The average Bonchev–Trinajstić information content (AvgIpc) is 3.30. The molecule has 188 valence electrons. The summed E-state index contributed by atoms with van der Waals surface area (Å²) in [6, 6.07) is 12.8. The molecule has 3 rings (SSSR count). The molecule has 35 heavy (non-hydrogen) atoms. The number of methoxy groups -OCH3 is 2. The van der Waals surface area contributed by atoms with Gasteiger partial charge in [0, 0.05) is 38.7 Å². The number of aromatic nitrogens is 1. The lowest BCUT2D eigenvalue weighted by molar-refractivity contribution is -0.137. The molecule has 0 spiro atoms. The highest BCUT2D eigenvalue weighted by molar-refractivity contribution is 7.09. The predicted molar refractivity (Wildman–Crippen MR) is 128 cm³/mol. The number of hydrogen-bond acceptors (Lipinski definition) is 6. The van der Waals surface area contributed by atoms with Gasteiger partial charge in [0.2, 0.25) is 0 Å². The van der Waals surface area contributed by atoms with Crippen molar-refractivity contribution in [3.8, 4) is 5.75 Å². The Bertz CT molecular complexity index is 1090. The Morgan fingerprint density at radius 3 is 2.49 bits per heavy atom.